The molecule has 0 bridgehead atoms. The summed E-state index contributed by atoms with van der Waals surface area (Å²) >= 11 is 0. The Bertz CT molecular complexity index is 147. The summed E-state index contributed by atoms with van der Waals surface area (Å²) in [6, 6.07) is 0.490. The van der Waals surface area contributed by atoms with Crippen LogP contribution in [0.2, 0.25) is 0 Å². The molecule has 1 aliphatic rings. The highest BCUT2D eigenvalue weighted by molar-refractivity contribution is 4.79. The van der Waals surface area contributed by atoms with Gasteiger partial charge in [0.2, 0.25) is 0 Å². The monoisotopic (exact) mass is 198 g/mol. The maximum absolute atomic E-state index is 5.90. The first kappa shape index (κ1) is 12.0. The number of hydrogen-bond donors (Lipinski definition) is 1. The smallest absolute Gasteiger partial charge is 0.00420 e. The molecular formula is C12H26N2. The molecule has 0 aromatic rings. The molecule has 0 spiro atoms. The standard InChI is InChI=1S/C12H26N2/c1-3-4-5-8-14(2)10-11-6-7-12(13)9-11/h11-12H,3-10,13H2,1-2H3. The number of nitrogens with zero attached hydrogens (tertiary/aromatic N) is 1. The van der Waals surface area contributed by atoms with Crippen LogP contribution in [-0.4, -0.2) is 31.1 Å². The van der Waals surface area contributed by atoms with Gasteiger partial charge >= 0.3 is 0 Å². The fourth-order valence-electron chi connectivity index (χ4n) is 2.44. The van der Waals surface area contributed by atoms with Gasteiger partial charge in [0.1, 0.15) is 0 Å². The van der Waals surface area contributed by atoms with Crippen LogP contribution in [0.15, 0.2) is 0 Å². The number of rotatable bonds is 6. The van der Waals surface area contributed by atoms with E-state index in [1.807, 2.05) is 0 Å². The second kappa shape index (κ2) is 6.41. The first-order valence-electron chi connectivity index (χ1n) is 6.16. The van der Waals surface area contributed by atoms with E-state index in [2.05, 4.69) is 18.9 Å². The van der Waals surface area contributed by atoms with Crippen LogP contribution in [0.25, 0.3) is 0 Å². The summed E-state index contributed by atoms with van der Waals surface area (Å²) in [7, 11) is 2.25. The average molecular weight is 198 g/mol. The van der Waals surface area contributed by atoms with E-state index < -0.39 is 0 Å². The van der Waals surface area contributed by atoms with Crippen molar-refractivity contribution in [1.29, 1.82) is 0 Å². The topological polar surface area (TPSA) is 29.3 Å². The summed E-state index contributed by atoms with van der Waals surface area (Å²) in [4.78, 5) is 2.48. The normalized spacial score (nSPS) is 27.4. The third-order valence-electron chi connectivity index (χ3n) is 3.30. The van der Waals surface area contributed by atoms with Crippen LogP contribution in [0.5, 0.6) is 0 Å². The summed E-state index contributed by atoms with van der Waals surface area (Å²) in [5, 5.41) is 0. The van der Waals surface area contributed by atoms with Crippen LogP contribution in [0.3, 0.4) is 0 Å². The SMILES string of the molecule is CCCCCN(C)CC1CCC(N)C1. The first-order chi connectivity index (χ1) is 6.72. The molecule has 0 saturated heterocycles. The van der Waals surface area contributed by atoms with Gasteiger partial charge in [0, 0.05) is 12.6 Å². The lowest BCUT2D eigenvalue weighted by atomic mass is 10.1. The van der Waals surface area contributed by atoms with Crippen molar-refractivity contribution in [3.05, 3.63) is 0 Å². The molecule has 0 radical (unpaired) electrons. The zero-order chi connectivity index (χ0) is 10.4. The Kier molecular flexibility index (Phi) is 5.49. The van der Waals surface area contributed by atoms with Gasteiger partial charge < -0.3 is 10.6 Å². The van der Waals surface area contributed by atoms with Crippen molar-refractivity contribution >= 4 is 0 Å². The molecule has 2 nitrogen and oxygen atoms in total. The lowest BCUT2D eigenvalue weighted by Crippen LogP contribution is -2.26. The van der Waals surface area contributed by atoms with E-state index in [1.165, 1.54) is 51.6 Å². The van der Waals surface area contributed by atoms with Gasteiger partial charge in [-0.1, -0.05) is 19.8 Å². The van der Waals surface area contributed by atoms with E-state index >= 15 is 0 Å². The summed E-state index contributed by atoms with van der Waals surface area (Å²) in [5.74, 6) is 0.872. The zero-order valence-electron chi connectivity index (χ0n) is 9.84. The van der Waals surface area contributed by atoms with Gasteiger partial charge in [0.15, 0.2) is 0 Å². The van der Waals surface area contributed by atoms with E-state index in [-0.39, 0.29) is 0 Å². The van der Waals surface area contributed by atoms with Gasteiger partial charge in [-0.25, -0.2) is 0 Å². The molecule has 1 fully saturated rings. The molecule has 2 atom stereocenters. The van der Waals surface area contributed by atoms with Gasteiger partial charge in [0.05, 0.1) is 0 Å². The van der Waals surface area contributed by atoms with E-state index in [9.17, 15) is 0 Å². The Morgan fingerprint density at radius 2 is 2.07 bits per heavy atom. The molecule has 1 aliphatic carbocycles. The Balaban J connectivity index is 2.05. The van der Waals surface area contributed by atoms with Crippen molar-refractivity contribution in [2.45, 2.75) is 51.5 Å². The Morgan fingerprint density at radius 3 is 2.64 bits per heavy atom. The second-order valence-corrected chi connectivity index (χ2v) is 4.91. The lowest BCUT2D eigenvalue weighted by molar-refractivity contribution is 0.272. The molecule has 0 aliphatic heterocycles. The van der Waals surface area contributed by atoms with Gasteiger partial charge in [-0.15, -0.1) is 0 Å². The molecule has 14 heavy (non-hydrogen) atoms. The molecule has 1 saturated carbocycles. The summed E-state index contributed by atoms with van der Waals surface area (Å²) in [6.07, 6.45) is 7.88. The van der Waals surface area contributed by atoms with Crippen molar-refractivity contribution in [2.75, 3.05) is 20.1 Å². The summed E-state index contributed by atoms with van der Waals surface area (Å²) < 4.78 is 0. The van der Waals surface area contributed by atoms with Crippen molar-refractivity contribution in [3.8, 4) is 0 Å². The maximum atomic E-state index is 5.90. The minimum absolute atomic E-state index is 0.490. The number of nitrogens with two attached hydrogens (primary N) is 1. The highest BCUT2D eigenvalue weighted by Gasteiger charge is 2.22. The van der Waals surface area contributed by atoms with Gasteiger partial charge in [-0.2, -0.15) is 0 Å². The van der Waals surface area contributed by atoms with Crippen LogP contribution >= 0.6 is 0 Å². The fraction of sp³-hybridized carbons (Fsp3) is 1.00. The van der Waals surface area contributed by atoms with Crippen LogP contribution in [-0.2, 0) is 0 Å². The number of unbranched alkanes of at least 4 members (excludes halogenated alkanes) is 2. The van der Waals surface area contributed by atoms with Gasteiger partial charge in [0.25, 0.3) is 0 Å². The molecule has 0 aromatic heterocycles. The third-order valence-corrected chi connectivity index (χ3v) is 3.30. The van der Waals surface area contributed by atoms with Crippen LogP contribution in [0, 0.1) is 5.92 Å². The number of hydrogen-bond acceptors (Lipinski definition) is 2. The molecule has 2 heteroatoms. The van der Waals surface area contributed by atoms with Crippen molar-refractivity contribution in [2.24, 2.45) is 11.7 Å². The second-order valence-electron chi connectivity index (χ2n) is 4.91. The predicted octanol–water partition coefficient (Wildman–Crippen LogP) is 2.24. The highest BCUT2D eigenvalue weighted by Crippen LogP contribution is 2.24. The first-order valence-corrected chi connectivity index (χ1v) is 6.16. The molecule has 0 amide bonds. The molecule has 2 unspecified atom stereocenters. The lowest BCUT2D eigenvalue weighted by Gasteiger charge is -2.20. The minimum Gasteiger partial charge on any atom is -0.328 e. The Morgan fingerprint density at radius 1 is 1.29 bits per heavy atom. The van der Waals surface area contributed by atoms with Crippen molar-refractivity contribution in [1.82, 2.24) is 4.90 Å². The van der Waals surface area contributed by atoms with Gasteiger partial charge in [-0.05, 0) is 45.2 Å². The average Bonchev–Trinajstić information content (AvgIpc) is 2.52. The van der Waals surface area contributed by atoms with Crippen molar-refractivity contribution < 1.29 is 0 Å². The molecule has 84 valence electrons. The predicted molar refractivity (Wildman–Crippen MR) is 62.3 cm³/mol. The van der Waals surface area contributed by atoms with E-state index in [0.29, 0.717) is 6.04 Å². The van der Waals surface area contributed by atoms with Crippen LogP contribution in [0.4, 0.5) is 0 Å². The molecule has 1 rings (SSSR count). The summed E-state index contributed by atoms with van der Waals surface area (Å²) in [5.41, 5.74) is 5.90. The molecular weight excluding hydrogens is 172 g/mol. The van der Waals surface area contributed by atoms with Gasteiger partial charge in [-0.3, -0.25) is 0 Å². The van der Waals surface area contributed by atoms with Crippen LogP contribution in [0.1, 0.15) is 45.4 Å². The minimum atomic E-state index is 0.490. The Hall–Kier alpha value is -0.0800. The highest BCUT2D eigenvalue weighted by atomic mass is 15.1. The van der Waals surface area contributed by atoms with E-state index in [4.69, 9.17) is 5.73 Å². The fourth-order valence-corrected chi connectivity index (χ4v) is 2.44. The van der Waals surface area contributed by atoms with Crippen LogP contribution < -0.4 is 5.73 Å². The maximum Gasteiger partial charge on any atom is 0.00420 e. The van der Waals surface area contributed by atoms with Crippen molar-refractivity contribution in [3.63, 3.8) is 0 Å². The largest absolute Gasteiger partial charge is 0.328 e. The third kappa shape index (κ3) is 4.43. The van der Waals surface area contributed by atoms with E-state index in [1.54, 1.807) is 0 Å². The molecule has 2 N–H and O–H groups in total. The summed E-state index contributed by atoms with van der Waals surface area (Å²) in [6.45, 7) is 4.78. The van der Waals surface area contributed by atoms with E-state index in [0.717, 1.165) is 5.92 Å². The molecule has 0 aromatic carbocycles. The zero-order valence-corrected chi connectivity index (χ0v) is 9.84. The Labute approximate surface area is 88.8 Å². The molecule has 0 heterocycles. The quantitative estimate of drug-likeness (QED) is 0.663.